The molecule has 1 aromatic carbocycles. The number of hydrogen-bond acceptors (Lipinski definition) is 6. The highest BCUT2D eigenvalue weighted by molar-refractivity contribution is 5.77. The number of para-hydroxylation sites is 1. The van der Waals surface area contributed by atoms with Gasteiger partial charge in [0.1, 0.15) is 18.4 Å². The van der Waals surface area contributed by atoms with Crippen molar-refractivity contribution in [2.24, 2.45) is 0 Å². The minimum atomic E-state index is -0.270. The van der Waals surface area contributed by atoms with Crippen molar-refractivity contribution in [3.63, 3.8) is 0 Å². The van der Waals surface area contributed by atoms with Crippen LogP contribution in [0.1, 0.15) is 5.56 Å². The molecule has 3 rings (SSSR count). The van der Waals surface area contributed by atoms with Crippen LogP contribution < -0.4 is 15.6 Å². The van der Waals surface area contributed by atoms with Gasteiger partial charge in [0.05, 0.1) is 6.54 Å². The molecule has 0 spiro atoms. The molecule has 3 aromatic rings. The second kappa shape index (κ2) is 8.06. The molecule has 9 nitrogen and oxygen atoms in total. The highest BCUT2D eigenvalue weighted by Gasteiger charge is 2.06. The van der Waals surface area contributed by atoms with Crippen molar-refractivity contribution in [1.29, 1.82) is 0 Å². The van der Waals surface area contributed by atoms with E-state index in [4.69, 9.17) is 4.74 Å². The predicted molar refractivity (Wildman–Crippen MR) is 93.1 cm³/mol. The van der Waals surface area contributed by atoms with E-state index in [-0.39, 0.29) is 31.2 Å². The van der Waals surface area contributed by atoms with Crippen molar-refractivity contribution >= 4 is 5.91 Å². The van der Waals surface area contributed by atoms with Crippen LogP contribution in [0.5, 0.6) is 5.75 Å². The maximum atomic E-state index is 11.9. The molecule has 0 aliphatic carbocycles. The lowest BCUT2D eigenvalue weighted by Crippen LogP contribution is -2.34. The van der Waals surface area contributed by atoms with E-state index in [1.807, 2.05) is 31.2 Å². The average Bonchev–Trinajstić information content (AvgIpc) is 3.17. The first kappa shape index (κ1) is 17.3. The number of aryl methyl sites for hydroxylation is 1. The van der Waals surface area contributed by atoms with Gasteiger partial charge in [-0.1, -0.05) is 18.2 Å². The van der Waals surface area contributed by atoms with Gasteiger partial charge < -0.3 is 10.1 Å². The summed E-state index contributed by atoms with van der Waals surface area (Å²) in [7, 11) is 0. The summed E-state index contributed by atoms with van der Waals surface area (Å²) >= 11 is 0. The zero-order valence-corrected chi connectivity index (χ0v) is 14.2. The molecule has 2 heterocycles. The Hall–Kier alpha value is -3.49. The van der Waals surface area contributed by atoms with E-state index in [0.29, 0.717) is 11.6 Å². The molecule has 0 saturated carbocycles. The van der Waals surface area contributed by atoms with Crippen LogP contribution in [0.3, 0.4) is 0 Å². The minimum absolute atomic E-state index is 0.0911. The topological polar surface area (TPSA) is 104 Å². The number of benzene rings is 1. The third-order valence-electron chi connectivity index (χ3n) is 3.60. The molecule has 0 unspecified atom stereocenters. The van der Waals surface area contributed by atoms with Gasteiger partial charge in [0.25, 0.3) is 11.5 Å². The van der Waals surface area contributed by atoms with E-state index in [9.17, 15) is 9.59 Å². The fraction of sp³-hybridized carbons (Fsp3) is 0.235. The van der Waals surface area contributed by atoms with Crippen molar-refractivity contribution < 1.29 is 9.53 Å². The molecule has 134 valence electrons. The molecule has 1 amide bonds. The number of nitrogens with zero attached hydrogens (tertiary/aromatic N) is 5. The summed E-state index contributed by atoms with van der Waals surface area (Å²) in [4.78, 5) is 27.6. The number of aromatic nitrogens is 5. The molecule has 0 aliphatic rings. The number of nitrogens with one attached hydrogen (secondary N) is 1. The monoisotopic (exact) mass is 354 g/mol. The predicted octanol–water partition coefficient (Wildman–Crippen LogP) is 0.328. The Kier molecular flexibility index (Phi) is 5.37. The number of rotatable bonds is 7. The third kappa shape index (κ3) is 4.32. The second-order valence-corrected chi connectivity index (χ2v) is 5.50. The van der Waals surface area contributed by atoms with Gasteiger partial charge in [-0.05, 0) is 24.6 Å². The standard InChI is InChI=1S/C17H18N6O3/c1-13-4-2-3-5-14(13)26-10-16(24)19-8-9-22-17(25)7-6-15(21-22)23-12-18-11-20-23/h2-7,11-12H,8-10H2,1H3,(H,19,24). The molecular formula is C17H18N6O3. The van der Waals surface area contributed by atoms with Crippen LogP contribution in [0.2, 0.25) is 0 Å². The van der Waals surface area contributed by atoms with E-state index >= 15 is 0 Å². The summed E-state index contributed by atoms with van der Waals surface area (Å²) in [5.41, 5.74) is 0.695. The fourth-order valence-corrected chi connectivity index (χ4v) is 2.26. The molecule has 2 aromatic heterocycles. The van der Waals surface area contributed by atoms with Crippen molar-refractivity contribution in [3.8, 4) is 11.6 Å². The lowest BCUT2D eigenvalue weighted by atomic mass is 10.2. The molecule has 26 heavy (non-hydrogen) atoms. The summed E-state index contributed by atoms with van der Waals surface area (Å²) in [5.74, 6) is 0.867. The van der Waals surface area contributed by atoms with E-state index in [2.05, 4.69) is 20.5 Å². The zero-order chi connectivity index (χ0) is 18.4. The maximum absolute atomic E-state index is 11.9. The lowest BCUT2D eigenvalue weighted by Gasteiger charge is -2.10. The number of amides is 1. The zero-order valence-electron chi connectivity index (χ0n) is 14.2. The Morgan fingerprint density at radius 3 is 2.85 bits per heavy atom. The first-order valence-corrected chi connectivity index (χ1v) is 8.02. The molecular weight excluding hydrogens is 336 g/mol. The van der Waals surface area contributed by atoms with Crippen molar-refractivity contribution in [2.75, 3.05) is 13.2 Å². The molecule has 0 fully saturated rings. The van der Waals surface area contributed by atoms with Crippen molar-refractivity contribution in [1.82, 2.24) is 29.9 Å². The summed E-state index contributed by atoms with van der Waals surface area (Å²) in [6, 6.07) is 10.4. The van der Waals surface area contributed by atoms with Crippen LogP contribution in [0.15, 0.2) is 53.8 Å². The third-order valence-corrected chi connectivity index (χ3v) is 3.60. The highest BCUT2D eigenvalue weighted by atomic mass is 16.5. The van der Waals surface area contributed by atoms with Crippen LogP contribution in [-0.4, -0.2) is 43.6 Å². The number of hydrogen-bond donors (Lipinski definition) is 1. The van der Waals surface area contributed by atoms with E-state index in [1.165, 1.54) is 28.1 Å². The van der Waals surface area contributed by atoms with Crippen LogP contribution in [0.4, 0.5) is 0 Å². The normalized spacial score (nSPS) is 10.5. The largest absolute Gasteiger partial charge is 0.484 e. The first-order chi connectivity index (χ1) is 12.6. The fourth-order valence-electron chi connectivity index (χ4n) is 2.26. The summed E-state index contributed by atoms with van der Waals surface area (Å²) in [6.45, 7) is 2.31. The van der Waals surface area contributed by atoms with Gasteiger partial charge in [-0.25, -0.2) is 14.3 Å². The van der Waals surface area contributed by atoms with Crippen molar-refractivity contribution in [2.45, 2.75) is 13.5 Å². The van der Waals surface area contributed by atoms with Gasteiger partial charge in [-0.3, -0.25) is 9.59 Å². The number of ether oxygens (including phenoxy) is 1. The Morgan fingerprint density at radius 1 is 1.23 bits per heavy atom. The Labute approximate surface area is 149 Å². The minimum Gasteiger partial charge on any atom is -0.484 e. The Bertz CT molecular complexity index is 936. The number of carbonyl (C=O) groups excluding carboxylic acids is 1. The molecule has 0 atom stereocenters. The van der Waals surface area contributed by atoms with Gasteiger partial charge >= 0.3 is 0 Å². The Morgan fingerprint density at radius 2 is 2.08 bits per heavy atom. The first-order valence-electron chi connectivity index (χ1n) is 8.02. The van der Waals surface area contributed by atoms with E-state index < -0.39 is 0 Å². The van der Waals surface area contributed by atoms with Crippen molar-refractivity contribution in [3.05, 3.63) is 65.0 Å². The molecule has 9 heteroatoms. The smallest absolute Gasteiger partial charge is 0.266 e. The highest BCUT2D eigenvalue weighted by Crippen LogP contribution is 2.15. The average molecular weight is 354 g/mol. The van der Waals surface area contributed by atoms with Crippen LogP contribution in [-0.2, 0) is 11.3 Å². The second-order valence-electron chi connectivity index (χ2n) is 5.50. The molecule has 1 N–H and O–H groups in total. The lowest BCUT2D eigenvalue weighted by molar-refractivity contribution is -0.123. The van der Waals surface area contributed by atoms with Gasteiger partial charge in [0.15, 0.2) is 12.4 Å². The molecule has 0 bridgehead atoms. The summed E-state index contributed by atoms with van der Waals surface area (Å²) in [5, 5.41) is 10.9. The molecule has 0 saturated heterocycles. The van der Waals surface area contributed by atoms with E-state index in [1.54, 1.807) is 6.07 Å². The van der Waals surface area contributed by atoms with Gasteiger partial charge in [0, 0.05) is 12.6 Å². The van der Waals surface area contributed by atoms with Crippen LogP contribution in [0.25, 0.3) is 5.82 Å². The van der Waals surface area contributed by atoms with Gasteiger partial charge in [0.2, 0.25) is 0 Å². The summed E-state index contributed by atoms with van der Waals surface area (Å²) in [6.07, 6.45) is 2.87. The van der Waals surface area contributed by atoms with Gasteiger partial charge in [-0.15, -0.1) is 5.10 Å². The van der Waals surface area contributed by atoms with Crippen LogP contribution in [0, 0.1) is 6.92 Å². The maximum Gasteiger partial charge on any atom is 0.266 e. The quantitative estimate of drug-likeness (QED) is 0.656. The molecule has 0 radical (unpaired) electrons. The van der Waals surface area contributed by atoms with E-state index in [0.717, 1.165) is 5.56 Å². The SMILES string of the molecule is Cc1ccccc1OCC(=O)NCCn1nc(-n2cncn2)ccc1=O. The Balaban J connectivity index is 1.51. The van der Waals surface area contributed by atoms with Crippen LogP contribution >= 0.6 is 0 Å². The summed E-state index contributed by atoms with van der Waals surface area (Å²) < 4.78 is 8.19. The number of carbonyl (C=O) groups is 1. The van der Waals surface area contributed by atoms with Gasteiger partial charge in [-0.2, -0.15) is 5.10 Å². The molecule has 0 aliphatic heterocycles.